The first-order valence-electron chi connectivity index (χ1n) is 6.95. The molecule has 0 fully saturated rings. The molecular weight excluding hydrogens is 304 g/mol. The molecule has 1 aliphatic heterocycles. The van der Waals surface area contributed by atoms with Gasteiger partial charge in [-0.25, -0.2) is 4.79 Å². The molecule has 0 unspecified atom stereocenters. The zero-order valence-corrected chi connectivity index (χ0v) is 12.6. The summed E-state index contributed by atoms with van der Waals surface area (Å²) in [6.07, 6.45) is 3.85. The van der Waals surface area contributed by atoms with Crippen LogP contribution in [0.1, 0.15) is 30.7 Å². The van der Waals surface area contributed by atoms with E-state index < -0.39 is 11.6 Å². The second kappa shape index (κ2) is 5.81. The van der Waals surface area contributed by atoms with Crippen LogP contribution >= 0.6 is 11.8 Å². The molecule has 1 amide bonds. The van der Waals surface area contributed by atoms with Crippen molar-refractivity contribution in [1.29, 1.82) is 5.26 Å². The average Bonchev–Trinajstić information content (AvgIpc) is 2.69. The Morgan fingerprint density at radius 3 is 2.95 bits per heavy atom. The van der Waals surface area contributed by atoms with E-state index in [1.54, 1.807) is 0 Å². The zero-order chi connectivity index (χ0) is 15.7. The Balaban J connectivity index is 2.23. The van der Waals surface area contributed by atoms with Crippen LogP contribution < -0.4 is 11.4 Å². The van der Waals surface area contributed by atoms with Crippen LogP contribution in [0.4, 0.5) is 0 Å². The average molecular weight is 318 g/mol. The van der Waals surface area contributed by atoms with Crippen molar-refractivity contribution in [2.24, 2.45) is 5.73 Å². The molecule has 2 N–H and O–H groups in total. The van der Waals surface area contributed by atoms with Crippen LogP contribution in [0.5, 0.6) is 0 Å². The van der Waals surface area contributed by atoms with Gasteiger partial charge in [0, 0.05) is 13.0 Å². The number of rotatable bonds is 3. The summed E-state index contributed by atoms with van der Waals surface area (Å²) in [5, 5.41) is 14.0. The Morgan fingerprint density at radius 2 is 2.23 bits per heavy atom. The number of thioether (sulfide) groups is 1. The topological polar surface area (TPSA) is 119 Å². The predicted octanol–water partition coefficient (Wildman–Crippen LogP) is 0.0665. The standard InChI is InChI=1S/C13H14N6O2S/c14-6-8-11(22-7-9(15)20)16-13(21)19-12(8)18-5-3-1-2-4-10(18)17-19/h1-5,7H2,(H2,15,20). The van der Waals surface area contributed by atoms with Crippen LogP contribution in [0.3, 0.4) is 0 Å². The van der Waals surface area contributed by atoms with E-state index >= 15 is 0 Å². The zero-order valence-electron chi connectivity index (χ0n) is 11.8. The van der Waals surface area contributed by atoms with Gasteiger partial charge in [0.05, 0.1) is 5.75 Å². The Bertz CT molecular complexity index is 847. The highest BCUT2D eigenvalue weighted by Gasteiger charge is 2.21. The van der Waals surface area contributed by atoms with Gasteiger partial charge in [-0.3, -0.25) is 4.79 Å². The fourth-order valence-electron chi connectivity index (χ4n) is 2.60. The largest absolute Gasteiger partial charge is 0.371 e. The molecule has 0 aromatic carbocycles. The molecule has 9 heteroatoms. The molecule has 2 aromatic rings. The van der Waals surface area contributed by atoms with Gasteiger partial charge in [-0.2, -0.15) is 14.8 Å². The van der Waals surface area contributed by atoms with Gasteiger partial charge in [0.15, 0.2) is 5.65 Å². The summed E-state index contributed by atoms with van der Waals surface area (Å²) in [5.41, 5.74) is 5.32. The number of carbonyl (C=O) groups excluding carboxylic acids is 1. The van der Waals surface area contributed by atoms with Gasteiger partial charge in [0.1, 0.15) is 22.5 Å². The fraction of sp³-hybridized carbons (Fsp3) is 0.462. The van der Waals surface area contributed by atoms with Crippen molar-refractivity contribution >= 4 is 23.3 Å². The number of aryl methyl sites for hydroxylation is 2. The first-order chi connectivity index (χ1) is 10.6. The van der Waals surface area contributed by atoms with Crippen molar-refractivity contribution in [2.75, 3.05) is 5.75 Å². The number of fused-ring (bicyclic) bond motifs is 3. The van der Waals surface area contributed by atoms with E-state index in [4.69, 9.17) is 5.73 Å². The maximum atomic E-state index is 12.2. The summed E-state index contributed by atoms with van der Waals surface area (Å²) in [7, 11) is 0. The molecule has 1 aliphatic rings. The lowest BCUT2D eigenvalue weighted by molar-refractivity contribution is -0.115. The minimum Gasteiger partial charge on any atom is -0.369 e. The third kappa shape index (κ3) is 2.46. The molecule has 0 saturated heterocycles. The van der Waals surface area contributed by atoms with Crippen molar-refractivity contribution in [3.05, 3.63) is 21.9 Å². The molecule has 0 atom stereocenters. The third-order valence-corrected chi connectivity index (χ3v) is 4.54. The monoisotopic (exact) mass is 318 g/mol. The molecule has 0 radical (unpaired) electrons. The summed E-state index contributed by atoms with van der Waals surface area (Å²) in [6.45, 7) is 0.719. The van der Waals surface area contributed by atoms with E-state index in [9.17, 15) is 14.9 Å². The van der Waals surface area contributed by atoms with Crippen molar-refractivity contribution in [1.82, 2.24) is 19.2 Å². The molecule has 22 heavy (non-hydrogen) atoms. The van der Waals surface area contributed by atoms with E-state index in [2.05, 4.69) is 16.2 Å². The minimum atomic E-state index is -0.540. The third-order valence-electron chi connectivity index (χ3n) is 3.54. The van der Waals surface area contributed by atoms with Gasteiger partial charge in [-0.05, 0) is 12.8 Å². The van der Waals surface area contributed by atoms with Gasteiger partial charge < -0.3 is 10.3 Å². The summed E-state index contributed by atoms with van der Waals surface area (Å²) in [6, 6.07) is 2.09. The first-order valence-corrected chi connectivity index (χ1v) is 7.94. The Hall–Kier alpha value is -2.34. The summed E-state index contributed by atoms with van der Waals surface area (Å²) in [4.78, 5) is 27.0. The lowest BCUT2D eigenvalue weighted by atomic mass is 10.2. The molecule has 114 valence electrons. The Labute approximate surface area is 129 Å². The molecular formula is C13H14N6O2S. The number of nitrogens with two attached hydrogens (primary N) is 1. The number of aromatic nitrogens is 4. The molecule has 0 spiro atoms. The fourth-order valence-corrected chi connectivity index (χ4v) is 3.31. The molecule has 8 nitrogen and oxygen atoms in total. The summed E-state index contributed by atoms with van der Waals surface area (Å²) in [5.74, 6) is 0.242. The van der Waals surface area contributed by atoms with Gasteiger partial charge in [0.25, 0.3) is 0 Å². The van der Waals surface area contributed by atoms with Crippen molar-refractivity contribution < 1.29 is 4.79 Å². The van der Waals surface area contributed by atoms with Crippen molar-refractivity contribution in [2.45, 2.75) is 37.3 Å². The first kappa shape index (κ1) is 14.6. The summed E-state index contributed by atoms with van der Waals surface area (Å²) >= 11 is 1.01. The molecule has 0 saturated carbocycles. The van der Waals surface area contributed by atoms with E-state index in [-0.39, 0.29) is 16.3 Å². The van der Waals surface area contributed by atoms with Crippen LogP contribution in [-0.2, 0) is 17.8 Å². The van der Waals surface area contributed by atoms with Gasteiger partial charge >= 0.3 is 5.69 Å². The number of nitrogens with zero attached hydrogens (tertiary/aromatic N) is 5. The molecule has 0 aliphatic carbocycles. The van der Waals surface area contributed by atoms with Crippen molar-refractivity contribution in [3.63, 3.8) is 0 Å². The Kier molecular flexibility index (Phi) is 3.85. The molecule has 3 heterocycles. The number of carbonyl (C=O) groups is 1. The maximum Gasteiger partial charge on any atom is 0.371 e. The Morgan fingerprint density at radius 1 is 1.41 bits per heavy atom. The number of hydrogen-bond donors (Lipinski definition) is 1. The van der Waals surface area contributed by atoms with Gasteiger partial charge in [-0.15, -0.1) is 5.10 Å². The highest BCUT2D eigenvalue weighted by molar-refractivity contribution is 8.00. The smallest absolute Gasteiger partial charge is 0.369 e. The number of nitriles is 1. The van der Waals surface area contributed by atoms with Gasteiger partial charge in [0.2, 0.25) is 5.91 Å². The van der Waals surface area contributed by atoms with Crippen molar-refractivity contribution in [3.8, 4) is 6.07 Å². The highest BCUT2D eigenvalue weighted by atomic mass is 32.2. The minimum absolute atomic E-state index is 0.0295. The van der Waals surface area contributed by atoms with Crippen LogP contribution in [0, 0.1) is 11.3 Å². The normalized spacial score (nSPS) is 14.3. The highest BCUT2D eigenvalue weighted by Crippen LogP contribution is 2.24. The van der Waals surface area contributed by atoms with E-state index in [0.29, 0.717) is 5.65 Å². The second-order valence-corrected chi connectivity index (χ2v) is 6.02. The predicted molar refractivity (Wildman–Crippen MR) is 79.4 cm³/mol. The quantitative estimate of drug-likeness (QED) is 0.631. The van der Waals surface area contributed by atoms with Crippen LogP contribution in [0.15, 0.2) is 9.82 Å². The summed E-state index contributed by atoms with van der Waals surface area (Å²) < 4.78 is 3.11. The van der Waals surface area contributed by atoms with Gasteiger partial charge in [-0.1, -0.05) is 18.2 Å². The number of hydrogen-bond acceptors (Lipinski definition) is 6. The number of primary amides is 1. The van der Waals surface area contributed by atoms with Crippen LogP contribution in [-0.4, -0.2) is 30.8 Å². The SMILES string of the molecule is N#Cc1c(SCC(N)=O)nc(=O)n2nc3n(c12)CCCCC3. The van der Waals surface area contributed by atoms with Crippen LogP contribution in [0.2, 0.25) is 0 Å². The molecule has 2 aromatic heterocycles. The van der Waals surface area contributed by atoms with Crippen LogP contribution in [0.25, 0.3) is 5.65 Å². The molecule has 0 bridgehead atoms. The lowest BCUT2D eigenvalue weighted by Gasteiger charge is -2.06. The maximum absolute atomic E-state index is 12.2. The number of amides is 1. The van der Waals surface area contributed by atoms with E-state index in [1.807, 2.05) is 4.57 Å². The van der Waals surface area contributed by atoms with E-state index in [1.165, 1.54) is 4.52 Å². The lowest BCUT2D eigenvalue weighted by Crippen LogP contribution is -2.21. The molecule has 3 rings (SSSR count). The van der Waals surface area contributed by atoms with E-state index in [0.717, 1.165) is 49.8 Å². The second-order valence-electron chi connectivity index (χ2n) is 5.06.